The largest absolute Gasteiger partial charge is 0.319 e. The summed E-state index contributed by atoms with van der Waals surface area (Å²) in [5.41, 5.74) is 2.26. The number of para-hydroxylation sites is 2. The molecule has 2 heterocycles. The molecule has 1 amide bonds. The maximum absolute atomic E-state index is 13.0. The lowest BCUT2D eigenvalue weighted by Gasteiger charge is -2.12. The van der Waals surface area contributed by atoms with Gasteiger partial charge in [-0.2, -0.15) is 0 Å². The van der Waals surface area contributed by atoms with Crippen LogP contribution in [0.4, 0.5) is 5.69 Å². The fourth-order valence-corrected chi connectivity index (χ4v) is 4.24. The number of carbonyl (C=O) groups is 1. The molecule has 3 nitrogen and oxygen atoms in total. The van der Waals surface area contributed by atoms with E-state index in [2.05, 4.69) is 10.3 Å². The Morgan fingerprint density at radius 2 is 1.67 bits per heavy atom. The van der Waals surface area contributed by atoms with Crippen molar-refractivity contribution in [1.82, 2.24) is 4.98 Å². The number of nitrogens with one attached hydrogen (secondary N) is 1. The van der Waals surface area contributed by atoms with Crippen LogP contribution < -0.4 is 5.32 Å². The topological polar surface area (TPSA) is 42.0 Å². The van der Waals surface area contributed by atoms with Crippen molar-refractivity contribution in [3.8, 4) is 10.6 Å². The highest BCUT2D eigenvalue weighted by molar-refractivity contribution is 7.19. The molecule has 7 heteroatoms. The Balaban J connectivity index is 1.83. The van der Waals surface area contributed by atoms with Crippen LogP contribution in [0.3, 0.4) is 0 Å². The molecule has 0 radical (unpaired) electrons. The molecule has 0 bridgehead atoms. The molecule has 0 saturated heterocycles. The van der Waals surface area contributed by atoms with E-state index in [1.807, 2.05) is 36.4 Å². The lowest BCUT2D eigenvalue weighted by Crippen LogP contribution is -2.13. The summed E-state index contributed by atoms with van der Waals surface area (Å²) in [4.78, 5) is 18.6. The number of hydrogen-bond donors (Lipinski definition) is 1. The first kappa shape index (κ1) is 18.3. The number of nitrogens with zero attached hydrogens (tertiary/aromatic N) is 1. The lowest BCUT2D eigenvalue weighted by molar-refractivity contribution is 0.102. The van der Waals surface area contributed by atoms with E-state index in [1.165, 1.54) is 11.3 Å². The smallest absolute Gasteiger partial charge is 0.256 e. The Hall–Kier alpha value is -2.11. The summed E-state index contributed by atoms with van der Waals surface area (Å²) >= 11 is 19.8. The average molecular weight is 434 g/mol. The summed E-state index contributed by atoms with van der Waals surface area (Å²) in [5, 5.41) is 4.31. The number of amides is 1. The van der Waals surface area contributed by atoms with E-state index < -0.39 is 0 Å². The van der Waals surface area contributed by atoms with Crippen LogP contribution in [0.15, 0.2) is 60.7 Å². The van der Waals surface area contributed by atoms with Crippen LogP contribution in [-0.4, -0.2) is 10.9 Å². The molecule has 0 aliphatic carbocycles. The molecule has 27 heavy (non-hydrogen) atoms. The van der Waals surface area contributed by atoms with Crippen molar-refractivity contribution >= 4 is 68.6 Å². The zero-order valence-electron chi connectivity index (χ0n) is 13.7. The van der Waals surface area contributed by atoms with Gasteiger partial charge in [0.1, 0.15) is 0 Å². The van der Waals surface area contributed by atoms with Crippen LogP contribution >= 0.6 is 46.1 Å². The monoisotopic (exact) mass is 432 g/mol. The molecule has 134 valence electrons. The second-order valence-electron chi connectivity index (χ2n) is 5.73. The van der Waals surface area contributed by atoms with E-state index in [9.17, 15) is 4.79 Å². The number of halogens is 3. The van der Waals surface area contributed by atoms with E-state index in [1.54, 1.807) is 24.3 Å². The highest BCUT2D eigenvalue weighted by atomic mass is 35.5. The van der Waals surface area contributed by atoms with E-state index in [-0.39, 0.29) is 5.91 Å². The molecule has 0 atom stereocenters. The molecule has 0 saturated carbocycles. The van der Waals surface area contributed by atoms with Gasteiger partial charge in [0, 0.05) is 5.39 Å². The highest BCUT2D eigenvalue weighted by Crippen LogP contribution is 2.34. The number of fused-ring (bicyclic) bond motifs is 1. The van der Waals surface area contributed by atoms with Gasteiger partial charge in [0.15, 0.2) is 0 Å². The van der Waals surface area contributed by atoms with Crippen molar-refractivity contribution in [2.75, 3.05) is 5.32 Å². The van der Waals surface area contributed by atoms with Crippen molar-refractivity contribution in [3.63, 3.8) is 0 Å². The third kappa shape index (κ3) is 3.66. The minimum atomic E-state index is -0.312. The molecule has 2 aromatic carbocycles. The number of aromatic nitrogens is 1. The Labute approximate surface area is 174 Å². The predicted molar refractivity (Wildman–Crippen MR) is 114 cm³/mol. The number of pyridine rings is 1. The van der Waals surface area contributed by atoms with Crippen LogP contribution in [-0.2, 0) is 0 Å². The van der Waals surface area contributed by atoms with Gasteiger partial charge in [0.2, 0.25) is 0 Å². The average Bonchev–Trinajstić information content (AvgIpc) is 3.10. The van der Waals surface area contributed by atoms with Crippen LogP contribution in [0.2, 0.25) is 14.4 Å². The molecule has 1 N–H and O–H groups in total. The number of anilines is 1. The van der Waals surface area contributed by atoms with Crippen molar-refractivity contribution in [2.45, 2.75) is 0 Å². The first-order valence-electron chi connectivity index (χ1n) is 7.94. The number of thiophene rings is 1. The summed E-state index contributed by atoms with van der Waals surface area (Å²) < 4.78 is 0.661. The molecule has 4 aromatic rings. The van der Waals surface area contributed by atoms with E-state index in [4.69, 9.17) is 34.8 Å². The van der Waals surface area contributed by atoms with Crippen LogP contribution in [0.1, 0.15) is 10.4 Å². The molecule has 0 aliphatic rings. The van der Waals surface area contributed by atoms with Crippen molar-refractivity contribution in [2.24, 2.45) is 0 Å². The zero-order chi connectivity index (χ0) is 19.0. The first-order valence-corrected chi connectivity index (χ1v) is 9.89. The fourth-order valence-electron chi connectivity index (χ4n) is 2.74. The second-order valence-corrected chi connectivity index (χ2v) is 8.26. The Morgan fingerprint density at radius 1 is 0.926 bits per heavy atom. The van der Waals surface area contributed by atoms with Crippen LogP contribution in [0.25, 0.3) is 21.5 Å². The van der Waals surface area contributed by atoms with Gasteiger partial charge in [0.05, 0.1) is 41.7 Å². The molecule has 4 rings (SSSR count). The van der Waals surface area contributed by atoms with Crippen molar-refractivity contribution in [3.05, 3.63) is 80.6 Å². The third-order valence-corrected chi connectivity index (χ3v) is 5.87. The standard InChI is InChI=1S/C20H11Cl3N2OS/c21-13-5-3-6-14(22)19(13)25-20(26)12-10-16(17-8-9-18(23)27-17)24-15-7-2-1-4-11(12)15/h1-10H,(H,25,26). The Bertz CT molecular complexity index is 1150. The SMILES string of the molecule is O=C(Nc1c(Cl)cccc1Cl)c1cc(-c2ccc(Cl)s2)nc2ccccc12. The molecule has 2 aromatic heterocycles. The maximum Gasteiger partial charge on any atom is 0.256 e. The first-order chi connectivity index (χ1) is 13.0. The van der Waals surface area contributed by atoms with Gasteiger partial charge in [-0.15, -0.1) is 11.3 Å². The summed E-state index contributed by atoms with van der Waals surface area (Å²) in [6, 6.07) is 18.0. The normalized spacial score (nSPS) is 10.9. The summed E-state index contributed by atoms with van der Waals surface area (Å²) in [7, 11) is 0. The van der Waals surface area contributed by atoms with Gasteiger partial charge in [-0.3, -0.25) is 4.79 Å². The quantitative estimate of drug-likeness (QED) is 0.372. The summed E-state index contributed by atoms with van der Waals surface area (Å²) in [6.45, 7) is 0. The number of carbonyl (C=O) groups excluding carboxylic acids is 1. The molecule has 0 aliphatic heterocycles. The van der Waals surface area contributed by atoms with Gasteiger partial charge in [0.25, 0.3) is 5.91 Å². The van der Waals surface area contributed by atoms with Gasteiger partial charge >= 0.3 is 0 Å². The Morgan fingerprint density at radius 3 is 2.37 bits per heavy atom. The van der Waals surface area contributed by atoms with E-state index in [0.29, 0.717) is 31.3 Å². The highest BCUT2D eigenvalue weighted by Gasteiger charge is 2.17. The van der Waals surface area contributed by atoms with Crippen molar-refractivity contribution in [1.29, 1.82) is 0 Å². The second kappa shape index (κ2) is 7.49. The van der Waals surface area contributed by atoms with Gasteiger partial charge in [-0.25, -0.2) is 4.98 Å². The minimum Gasteiger partial charge on any atom is -0.319 e. The molecular formula is C20H11Cl3N2OS. The lowest BCUT2D eigenvalue weighted by atomic mass is 10.1. The number of benzene rings is 2. The Kier molecular flexibility index (Phi) is 5.06. The van der Waals surface area contributed by atoms with Gasteiger partial charge < -0.3 is 5.32 Å². The summed E-state index contributed by atoms with van der Waals surface area (Å²) in [5.74, 6) is -0.312. The predicted octanol–water partition coefficient (Wildman–Crippen LogP) is 7.18. The third-order valence-electron chi connectivity index (χ3n) is 3.99. The molecule has 0 fully saturated rings. The van der Waals surface area contributed by atoms with Crippen LogP contribution in [0.5, 0.6) is 0 Å². The molecule has 0 spiro atoms. The zero-order valence-corrected chi connectivity index (χ0v) is 16.8. The van der Waals surface area contributed by atoms with Gasteiger partial charge in [-0.05, 0) is 36.4 Å². The number of hydrogen-bond acceptors (Lipinski definition) is 3. The molecule has 0 unspecified atom stereocenters. The molecular weight excluding hydrogens is 423 g/mol. The van der Waals surface area contributed by atoms with Crippen molar-refractivity contribution < 1.29 is 4.79 Å². The van der Waals surface area contributed by atoms with Gasteiger partial charge in [-0.1, -0.05) is 59.1 Å². The maximum atomic E-state index is 13.0. The van der Waals surface area contributed by atoms with Crippen LogP contribution in [0, 0.1) is 0 Å². The number of rotatable bonds is 3. The fraction of sp³-hybridized carbons (Fsp3) is 0. The van der Waals surface area contributed by atoms with E-state index in [0.717, 1.165) is 15.8 Å². The van der Waals surface area contributed by atoms with E-state index >= 15 is 0 Å². The minimum absolute atomic E-state index is 0.312. The summed E-state index contributed by atoms with van der Waals surface area (Å²) in [6.07, 6.45) is 0.